The zero-order valence-corrected chi connectivity index (χ0v) is 19.2. The fourth-order valence-electron chi connectivity index (χ4n) is 2.93. The van der Waals surface area contributed by atoms with Gasteiger partial charge in [0, 0.05) is 36.0 Å². The van der Waals surface area contributed by atoms with E-state index >= 15 is 0 Å². The van der Waals surface area contributed by atoms with Gasteiger partial charge in [0.05, 0.1) is 35.3 Å². The molecule has 3 aromatic rings. The molecule has 1 atom stereocenters. The van der Waals surface area contributed by atoms with Gasteiger partial charge in [-0.25, -0.2) is 24.7 Å². The van der Waals surface area contributed by atoms with Crippen molar-refractivity contribution in [3.05, 3.63) is 30.4 Å². The van der Waals surface area contributed by atoms with Crippen molar-refractivity contribution in [1.82, 2.24) is 30.2 Å². The Hall–Kier alpha value is -3.89. The van der Waals surface area contributed by atoms with Crippen molar-refractivity contribution in [3.8, 4) is 28.4 Å². The number of aromatic nitrogens is 5. The average Bonchev–Trinajstić information content (AvgIpc) is 3.24. The van der Waals surface area contributed by atoms with Gasteiger partial charge in [-0.15, -0.1) is 0 Å². The summed E-state index contributed by atoms with van der Waals surface area (Å²) in [5, 5.41) is 5.74. The molecule has 3 heterocycles. The van der Waals surface area contributed by atoms with Crippen LogP contribution in [-0.2, 0) is 10.2 Å². The summed E-state index contributed by atoms with van der Waals surface area (Å²) in [5.41, 5.74) is 7.62. The van der Waals surface area contributed by atoms with Gasteiger partial charge >= 0.3 is 6.09 Å². The van der Waals surface area contributed by atoms with Crippen LogP contribution in [0.4, 0.5) is 16.6 Å². The van der Waals surface area contributed by atoms with Gasteiger partial charge in [-0.1, -0.05) is 20.8 Å². The number of nitrogens with zero attached hydrogens (tertiary/aromatic N) is 4. The van der Waals surface area contributed by atoms with Gasteiger partial charge in [0.15, 0.2) is 11.6 Å². The van der Waals surface area contributed by atoms with Crippen LogP contribution in [0.25, 0.3) is 22.6 Å². The van der Waals surface area contributed by atoms with Crippen LogP contribution in [-0.4, -0.2) is 57.7 Å². The second-order valence-electron chi connectivity index (χ2n) is 8.45. The van der Waals surface area contributed by atoms with E-state index in [0.717, 1.165) is 0 Å². The lowest BCUT2D eigenvalue weighted by atomic mass is 9.96. The fraction of sp³-hybridized carbons (Fsp3) is 0.409. The first-order chi connectivity index (χ1) is 16.8. The zero-order chi connectivity index (χ0) is 26.7. The van der Waals surface area contributed by atoms with E-state index in [-0.39, 0.29) is 23.0 Å². The van der Waals surface area contributed by atoms with Gasteiger partial charge in [0.1, 0.15) is 5.82 Å². The number of carbonyl (C=O) groups excluding carboxylic acids is 1. The number of carbonyl (C=O) groups is 1. The standard InChI is InChI=1S/C22H30N8O3/c1-12(27-21(31)33-6)10-26-20-24-8-7-14(28-20)17-16(29-19(30-17)22(2,3)4)13-9-15(32-5)18(23)25-11-13/h7-9,11-12H,10H2,1-6H3,(H2,23,25)(H,27,31)(H,29,30)(H,24,26,28)/i5D3. The molecule has 3 rings (SSSR count). The smallest absolute Gasteiger partial charge is 0.407 e. The average molecular weight is 458 g/mol. The van der Waals surface area contributed by atoms with E-state index < -0.39 is 13.1 Å². The molecule has 33 heavy (non-hydrogen) atoms. The zero-order valence-electron chi connectivity index (χ0n) is 22.2. The number of imidazole rings is 1. The Kier molecular flexibility index (Phi) is 5.82. The predicted molar refractivity (Wildman–Crippen MR) is 126 cm³/mol. The number of anilines is 2. The molecule has 0 fully saturated rings. The van der Waals surface area contributed by atoms with Crippen LogP contribution in [0.2, 0.25) is 0 Å². The van der Waals surface area contributed by atoms with Crippen molar-refractivity contribution >= 4 is 17.9 Å². The summed E-state index contributed by atoms with van der Waals surface area (Å²) in [5.74, 6) is 0.902. The number of H-pyrrole nitrogens is 1. The highest BCUT2D eigenvalue weighted by Gasteiger charge is 2.24. The molecule has 0 aromatic carbocycles. The number of ether oxygens (including phenoxy) is 2. The molecule has 3 aromatic heterocycles. The van der Waals surface area contributed by atoms with E-state index in [1.54, 1.807) is 12.3 Å². The molecule has 1 amide bonds. The van der Waals surface area contributed by atoms with Crippen LogP contribution in [0.1, 0.15) is 37.6 Å². The second-order valence-corrected chi connectivity index (χ2v) is 8.45. The van der Waals surface area contributed by atoms with Crippen molar-refractivity contribution in [2.75, 3.05) is 31.7 Å². The third-order valence-corrected chi connectivity index (χ3v) is 4.71. The number of nitrogens with two attached hydrogens (primary N) is 1. The van der Waals surface area contributed by atoms with Crippen molar-refractivity contribution in [2.24, 2.45) is 0 Å². The second kappa shape index (κ2) is 9.72. The summed E-state index contributed by atoms with van der Waals surface area (Å²) in [4.78, 5) is 32.4. The van der Waals surface area contributed by atoms with E-state index in [1.807, 2.05) is 27.7 Å². The lowest BCUT2D eigenvalue weighted by molar-refractivity contribution is 0.168. The number of hydrogen-bond acceptors (Lipinski definition) is 9. The SMILES string of the molecule is [2H]C([2H])([2H])Oc1cc(-c2nc(C(C)(C)C)[nH]c2-c2ccnc(NCC(C)NC(=O)OC)n2)cnc1N. The normalized spacial score (nSPS) is 13.9. The highest BCUT2D eigenvalue weighted by Crippen LogP contribution is 2.34. The number of rotatable bonds is 7. The molecule has 11 heteroatoms. The minimum Gasteiger partial charge on any atom is -0.493 e. The van der Waals surface area contributed by atoms with E-state index in [1.165, 1.54) is 19.4 Å². The number of nitrogen functional groups attached to an aromatic ring is 1. The summed E-state index contributed by atoms with van der Waals surface area (Å²) in [6, 6.07) is 2.97. The highest BCUT2D eigenvalue weighted by atomic mass is 16.5. The number of hydrogen-bond donors (Lipinski definition) is 4. The Morgan fingerprint density at radius 3 is 2.82 bits per heavy atom. The van der Waals surface area contributed by atoms with Crippen LogP contribution in [0, 0.1) is 0 Å². The van der Waals surface area contributed by atoms with Gasteiger partial charge in [0.25, 0.3) is 0 Å². The van der Waals surface area contributed by atoms with E-state index in [9.17, 15) is 4.79 Å². The molecule has 0 aliphatic heterocycles. The number of aromatic amines is 1. The minimum atomic E-state index is -2.69. The molecule has 0 saturated carbocycles. The molecule has 176 valence electrons. The van der Waals surface area contributed by atoms with Gasteiger partial charge in [-0.2, -0.15) is 0 Å². The van der Waals surface area contributed by atoms with Crippen molar-refractivity contribution < 1.29 is 18.4 Å². The first-order valence-corrected chi connectivity index (χ1v) is 10.2. The maximum absolute atomic E-state index is 11.4. The van der Waals surface area contributed by atoms with Gasteiger partial charge < -0.3 is 30.8 Å². The third kappa shape index (κ3) is 5.68. The summed E-state index contributed by atoms with van der Waals surface area (Å²) in [6.07, 6.45) is 2.55. The van der Waals surface area contributed by atoms with Crippen LogP contribution in [0.3, 0.4) is 0 Å². The Bertz CT molecular complexity index is 1220. The molecule has 0 aliphatic carbocycles. The maximum Gasteiger partial charge on any atom is 0.407 e. The van der Waals surface area contributed by atoms with Gasteiger partial charge in [-0.05, 0) is 19.1 Å². The molecule has 0 saturated heterocycles. The summed E-state index contributed by atoms with van der Waals surface area (Å²) in [6.45, 7) is 8.19. The van der Waals surface area contributed by atoms with Gasteiger partial charge in [-0.3, -0.25) is 0 Å². The number of methoxy groups -OCH3 is 2. The molecule has 11 nitrogen and oxygen atoms in total. The molecule has 0 spiro atoms. The number of pyridine rings is 1. The molecule has 5 N–H and O–H groups in total. The van der Waals surface area contributed by atoms with E-state index in [4.69, 9.17) is 19.6 Å². The monoisotopic (exact) mass is 457 g/mol. The Balaban J connectivity index is 1.99. The van der Waals surface area contributed by atoms with Crippen molar-refractivity contribution in [2.45, 2.75) is 39.2 Å². The van der Waals surface area contributed by atoms with E-state index in [0.29, 0.717) is 41.0 Å². The van der Waals surface area contributed by atoms with E-state index in [2.05, 4.69) is 35.3 Å². The van der Waals surface area contributed by atoms with Crippen LogP contribution in [0.15, 0.2) is 24.5 Å². The first-order valence-electron chi connectivity index (χ1n) is 11.7. The number of nitrogens with one attached hydrogen (secondary N) is 3. The quantitative estimate of drug-likeness (QED) is 0.419. The highest BCUT2D eigenvalue weighted by molar-refractivity contribution is 5.78. The Morgan fingerprint density at radius 2 is 2.12 bits per heavy atom. The Labute approximate surface area is 196 Å². The molecular weight excluding hydrogens is 424 g/mol. The number of alkyl carbamates (subject to hydrolysis) is 1. The summed E-state index contributed by atoms with van der Waals surface area (Å²) < 4.78 is 31.8. The van der Waals surface area contributed by atoms with Crippen molar-refractivity contribution in [1.29, 1.82) is 0 Å². The van der Waals surface area contributed by atoms with Crippen LogP contribution in [0.5, 0.6) is 5.75 Å². The summed E-state index contributed by atoms with van der Waals surface area (Å²) >= 11 is 0. The maximum atomic E-state index is 11.4. The predicted octanol–water partition coefficient (Wildman–Crippen LogP) is 2.97. The van der Waals surface area contributed by atoms with Crippen LogP contribution < -0.4 is 21.1 Å². The molecule has 0 radical (unpaired) electrons. The Morgan fingerprint density at radius 1 is 1.33 bits per heavy atom. The first kappa shape index (κ1) is 19.8. The third-order valence-electron chi connectivity index (χ3n) is 4.71. The topological polar surface area (TPSA) is 153 Å². The lowest BCUT2D eigenvalue weighted by Crippen LogP contribution is -2.37. The number of amides is 1. The molecule has 0 aliphatic rings. The molecule has 1 unspecified atom stereocenters. The van der Waals surface area contributed by atoms with Crippen molar-refractivity contribution in [3.63, 3.8) is 0 Å². The largest absolute Gasteiger partial charge is 0.493 e. The molecular formula is C22H30N8O3. The molecule has 0 bridgehead atoms. The van der Waals surface area contributed by atoms with Gasteiger partial charge in [0.2, 0.25) is 5.95 Å². The van der Waals surface area contributed by atoms with Crippen LogP contribution >= 0.6 is 0 Å². The lowest BCUT2D eigenvalue weighted by Gasteiger charge is -2.14. The minimum absolute atomic E-state index is 0.0498. The summed E-state index contributed by atoms with van der Waals surface area (Å²) in [7, 11) is -1.39. The fourth-order valence-corrected chi connectivity index (χ4v) is 2.93.